The highest BCUT2D eigenvalue weighted by Crippen LogP contribution is 2.32. The van der Waals surface area contributed by atoms with E-state index in [0.717, 1.165) is 0 Å². The van der Waals surface area contributed by atoms with Crippen LogP contribution in [0, 0.1) is 11.6 Å². The average Bonchev–Trinajstić information content (AvgIpc) is 3.37. The highest BCUT2D eigenvalue weighted by atomic mass is 19.1. The molecule has 6 rings (SSSR count). The van der Waals surface area contributed by atoms with Crippen LogP contribution in [-0.2, 0) is 0 Å². The third-order valence-corrected chi connectivity index (χ3v) is 6.19. The third kappa shape index (κ3) is 3.93. The van der Waals surface area contributed by atoms with E-state index in [4.69, 9.17) is 9.97 Å². The molecule has 6 nitrogen and oxygen atoms in total. The fraction of sp³-hybridized carbons (Fsp3) is 0.111. The maximum Gasteiger partial charge on any atom is 0.254 e. The number of benzene rings is 3. The zero-order chi connectivity index (χ0) is 23.9. The SMILES string of the molecule is O=C(c1ccc2nc(-c3ccc(F)cc3)c(-c3ccc(F)cc3)nc2c1)N1CC(n2cccn2)C1. The van der Waals surface area contributed by atoms with E-state index in [1.807, 2.05) is 16.9 Å². The van der Waals surface area contributed by atoms with Gasteiger partial charge in [0.05, 0.1) is 28.5 Å². The lowest BCUT2D eigenvalue weighted by molar-refractivity contribution is 0.0501. The summed E-state index contributed by atoms with van der Waals surface area (Å²) in [4.78, 5) is 24.4. The number of fused-ring (bicyclic) bond motifs is 1. The van der Waals surface area contributed by atoms with Crippen molar-refractivity contribution >= 4 is 16.9 Å². The molecule has 8 heteroatoms. The van der Waals surface area contributed by atoms with Gasteiger partial charge in [-0.15, -0.1) is 0 Å². The molecule has 0 saturated carbocycles. The fourth-order valence-corrected chi connectivity index (χ4v) is 4.27. The van der Waals surface area contributed by atoms with Crippen LogP contribution in [0.25, 0.3) is 33.5 Å². The van der Waals surface area contributed by atoms with Crippen molar-refractivity contribution in [2.24, 2.45) is 0 Å². The van der Waals surface area contributed by atoms with E-state index >= 15 is 0 Å². The van der Waals surface area contributed by atoms with Gasteiger partial charge in [0.25, 0.3) is 5.91 Å². The Bertz CT molecular complexity index is 1530. The predicted molar refractivity (Wildman–Crippen MR) is 127 cm³/mol. The van der Waals surface area contributed by atoms with Crippen LogP contribution in [0.5, 0.6) is 0 Å². The van der Waals surface area contributed by atoms with Gasteiger partial charge in [-0.05, 0) is 72.8 Å². The van der Waals surface area contributed by atoms with Gasteiger partial charge in [-0.25, -0.2) is 18.7 Å². The van der Waals surface area contributed by atoms with Crippen LogP contribution in [0.3, 0.4) is 0 Å². The number of carbonyl (C=O) groups is 1. The summed E-state index contributed by atoms with van der Waals surface area (Å²) >= 11 is 0. The molecule has 0 aliphatic carbocycles. The minimum absolute atomic E-state index is 0.0805. The van der Waals surface area contributed by atoms with Crippen LogP contribution < -0.4 is 0 Å². The van der Waals surface area contributed by atoms with Gasteiger partial charge in [-0.3, -0.25) is 9.48 Å². The van der Waals surface area contributed by atoms with Crippen LogP contribution >= 0.6 is 0 Å². The Labute approximate surface area is 199 Å². The number of rotatable bonds is 4. The van der Waals surface area contributed by atoms with Gasteiger partial charge >= 0.3 is 0 Å². The van der Waals surface area contributed by atoms with Crippen LogP contribution in [0.4, 0.5) is 8.78 Å². The first kappa shape index (κ1) is 21.1. The minimum atomic E-state index is -0.360. The van der Waals surface area contributed by atoms with Gasteiger partial charge in [0.1, 0.15) is 11.6 Å². The average molecular weight is 467 g/mol. The molecule has 35 heavy (non-hydrogen) atoms. The first-order valence-corrected chi connectivity index (χ1v) is 11.2. The predicted octanol–water partition coefficient (Wildman–Crippen LogP) is 5.14. The molecule has 1 aliphatic rings. The molecule has 1 fully saturated rings. The number of aromatic nitrogens is 4. The minimum Gasteiger partial charge on any atom is -0.334 e. The van der Waals surface area contributed by atoms with Crippen LogP contribution in [-0.4, -0.2) is 43.6 Å². The van der Waals surface area contributed by atoms with Crippen molar-refractivity contribution in [1.82, 2.24) is 24.6 Å². The molecular formula is C27H19F2N5O. The second kappa shape index (κ2) is 8.39. The Morgan fingerprint density at radius 2 is 1.40 bits per heavy atom. The zero-order valence-electron chi connectivity index (χ0n) is 18.5. The van der Waals surface area contributed by atoms with E-state index in [0.29, 0.717) is 52.2 Å². The lowest BCUT2D eigenvalue weighted by Crippen LogP contribution is -2.50. The van der Waals surface area contributed by atoms with Crippen molar-refractivity contribution < 1.29 is 13.6 Å². The Kier molecular flexibility index (Phi) is 5.06. The zero-order valence-corrected chi connectivity index (χ0v) is 18.5. The molecule has 0 N–H and O–H groups in total. The third-order valence-electron chi connectivity index (χ3n) is 6.19. The van der Waals surface area contributed by atoms with Crippen LogP contribution in [0.15, 0.2) is 85.2 Å². The Morgan fingerprint density at radius 1 is 0.800 bits per heavy atom. The van der Waals surface area contributed by atoms with Crippen molar-refractivity contribution in [3.63, 3.8) is 0 Å². The van der Waals surface area contributed by atoms with Gasteiger partial charge in [0, 0.05) is 42.2 Å². The Hall–Kier alpha value is -4.46. The van der Waals surface area contributed by atoms with Gasteiger partial charge in [0.15, 0.2) is 0 Å². The first-order valence-electron chi connectivity index (χ1n) is 11.2. The number of halogens is 2. The Morgan fingerprint density at radius 3 is 1.97 bits per heavy atom. The highest BCUT2D eigenvalue weighted by Gasteiger charge is 2.32. The van der Waals surface area contributed by atoms with Crippen molar-refractivity contribution in [2.45, 2.75) is 6.04 Å². The first-order chi connectivity index (χ1) is 17.0. The molecule has 3 aromatic carbocycles. The highest BCUT2D eigenvalue weighted by molar-refractivity contribution is 5.98. The van der Waals surface area contributed by atoms with Crippen molar-refractivity contribution in [3.8, 4) is 22.5 Å². The number of carbonyl (C=O) groups excluding carboxylic acids is 1. The topological polar surface area (TPSA) is 63.9 Å². The Balaban J connectivity index is 1.38. The molecule has 1 saturated heterocycles. The normalized spacial score (nSPS) is 13.7. The second-order valence-corrected chi connectivity index (χ2v) is 8.49. The smallest absolute Gasteiger partial charge is 0.254 e. The summed E-state index contributed by atoms with van der Waals surface area (Å²) < 4.78 is 29.0. The quantitative estimate of drug-likeness (QED) is 0.367. The molecule has 0 atom stereocenters. The van der Waals surface area contributed by atoms with Crippen LogP contribution in [0.1, 0.15) is 16.4 Å². The van der Waals surface area contributed by atoms with Gasteiger partial charge in [-0.1, -0.05) is 0 Å². The number of likely N-dealkylation sites (tertiary alicyclic amines) is 1. The molecule has 0 unspecified atom stereocenters. The number of nitrogens with zero attached hydrogens (tertiary/aromatic N) is 5. The summed E-state index contributed by atoms with van der Waals surface area (Å²) in [5, 5.41) is 4.24. The molecule has 1 aliphatic heterocycles. The van der Waals surface area contributed by atoms with Crippen molar-refractivity contribution in [2.75, 3.05) is 13.1 Å². The lowest BCUT2D eigenvalue weighted by Gasteiger charge is -2.39. The summed E-state index contributed by atoms with van der Waals surface area (Å²) in [5.41, 5.74) is 4.09. The summed E-state index contributed by atoms with van der Waals surface area (Å²) in [6.07, 6.45) is 3.62. The van der Waals surface area contributed by atoms with E-state index < -0.39 is 0 Å². The molecule has 2 aromatic heterocycles. The van der Waals surface area contributed by atoms with Crippen molar-refractivity contribution in [3.05, 3.63) is 102 Å². The van der Waals surface area contributed by atoms with E-state index in [1.54, 1.807) is 53.6 Å². The van der Waals surface area contributed by atoms with Gasteiger partial charge in [0.2, 0.25) is 0 Å². The van der Waals surface area contributed by atoms with Crippen LogP contribution in [0.2, 0.25) is 0 Å². The second-order valence-electron chi connectivity index (χ2n) is 8.49. The van der Waals surface area contributed by atoms with Crippen molar-refractivity contribution in [1.29, 1.82) is 0 Å². The molecule has 0 spiro atoms. The summed E-state index contributed by atoms with van der Waals surface area (Å²) in [6, 6.07) is 19.2. The lowest BCUT2D eigenvalue weighted by atomic mass is 10.0. The number of hydrogen-bond acceptors (Lipinski definition) is 4. The number of hydrogen-bond donors (Lipinski definition) is 0. The molecule has 5 aromatic rings. The van der Waals surface area contributed by atoms with E-state index in [-0.39, 0.29) is 23.6 Å². The molecule has 172 valence electrons. The molecule has 0 radical (unpaired) electrons. The molecular weight excluding hydrogens is 448 g/mol. The summed E-state index contributed by atoms with van der Waals surface area (Å²) in [5.74, 6) is -0.792. The molecule has 0 bridgehead atoms. The molecule has 1 amide bonds. The largest absolute Gasteiger partial charge is 0.334 e. The maximum absolute atomic E-state index is 13.6. The maximum atomic E-state index is 13.6. The van der Waals surface area contributed by atoms with E-state index in [1.165, 1.54) is 24.3 Å². The van der Waals surface area contributed by atoms with Gasteiger partial charge < -0.3 is 4.90 Å². The van der Waals surface area contributed by atoms with E-state index in [2.05, 4.69) is 5.10 Å². The number of amides is 1. The van der Waals surface area contributed by atoms with E-state index in [9.17, 15) is 13.6 Å². The summed E-state index contributed by atoms with van der Waals surface area (Å²) in [7, 11) is 0. The standard InChI is InChI=1S/C27H19F2N5O/c28-20-7-2-17(3-8-20)25-26(18-4-9-21(29)10-5-18)32-24-14-19(6-11-23(24)31-25)27(35)33-15-22(16-33)34-13-1-12-30-34/h1-14,22H,15-16H2. The summed E-state index contributed by atoms with van der Waals surface area (Å²) in [6.45, 7) is 1.18. The molecule has 3 heterocycles. The fourth-order valence-electron chi connectivity index (χ4n) is 4.27. The monoisotopic (exact) mass is 467 g/mol. The van der Waals surface area contributed by atoms with Gasteiger partial charge in [-0.2, -0.15) is 5.10 Å².